The maximum atomic E-state index is 13.7. The van der Waals surface area contributed by atoms with Gasteiger partial charge in [0, 0.05) is 24.1 Å². The molecule has 2 rings (SSSR count). The highest BCUT2D eigenvalue weighted by Crippen LogP contribution is 2.31. The molecule has 1 aliphatic rings. The first-order chi connectivity index (χ1) is 9.30. The Balaban J connectivity index is 2.33. The van der Waals surface area contributed by atoms with E-state index in [0.29, 0.717) is 36.2 Å². The fraction of sp³-hybridized carbons (Fsp3) is 0.462. The normalized spacial score (nSPS) is 20.1. The van der Waals surface area contributed by atoms with Gasteiger partial charge in [-0.1, -0.05) is 0 Å². The van der Waals surface area contributed by atoms with Crippen molar-refractivity contribution in [2.45, 2.75) is 19.1 Å². The molecule has 0 bridgehead atoms. The first-order valence-electron chi connectivity index (χ1n) is 6.06. The predicted molar refractivity (Wildman–Crippen MR) is 69.2 cm³/mol. The van der Waals surface area contributed by atoms with Crippen molar-refractivity contribution < 1.29 is 22.4 Å². The first-order valence-corrected chi connectivity index (χ1v) is 7.21. The van der Waals surface area contributed by atoms with Crippen molar-refractivity contribution in [1.29, 1.82) is 0 Å². The molecule has 1 unspecified atom stereocenters. The van der Waals surface area contributed by atoms with Crippen LogP contribution in [0.2, 0.25) is 0 Å². The number of hydrogen-bond acceptors (Lipinski definition) is 2. The minimum Gasteiger partial charge on any atom is -0.334 e. The Kier molecular flexibility index (Phi) is 4.27. The number of hydrogen-bond donors (Lipinski definition) is 0. The molecule has 2 nitrogen and oxygen atoms in total. The van der Waals surface area contributed by atoms with Gasteiger partial charge in [-0.05, 0) is 25.1 Å². The molecule has 0 aliphatic carbocycles. The fourth-order valence-electron chi connectivity index (χ4n) is 2.05. The Morgan fingerprint density at radius 2 is 2.10 bits per heavy atom. The van der Waals surface area contributed by atoms with E-state index < -0.39 is 29.0 Å². The lowest BCUT2D eigenvalue weighted by atomic mass is 10.1. The summed E-state index contributed by atoms with van der Waals surface area (Å²) in [6, 6.07) is 1.81. The van der Waals surface area contributed by atoms with Crippen molar-refractivity contribution >= 4 is 17.7 Å². The molecular weight excluding hydrogens is 294 g/mol. The van der Waals surface area contributed by atoms with Gasteiger partial charge in [0.25, 0.3) is 5.91 Å². The first kappa shape index (κ1) is 15.2. The highest BCUT2D eigenvalue weighted by molar-refractivity contribution is 7.99. The van der Waals surface area contributed by atoms with Crippen molar-refractivity contribution in [3.63, 3.8) is 0 Å². The molecule has 1 amide bonds. The summed E-state index contributed by atoms with van der Waals surface area (Å²) in [5, 5.41) is 0. The second-order valence-corrected chi connectivity index (χ2v) is 5.76. The predicted octanol–water partition coefficient (Wildman–Crippen LogP) is 3.42. The summed E-state index contributed by atoms with van der Waals surface area (Å²) >= 11 is 1.66. The minimum absolute atomic E-state index is 0.116. The van der Waals surface area contributed by atoms with Gasteiger partial charge in [-0.2, -0.15) is 24.9 Å². The van der Waals surface area contributed by atoms with E-state index in [0.717, 1.165) is 0 Å². The van der Waals surface area contributed by atoms with Crippen LogP contribution in [0.3, 0.4) is 0 Å². The van der Waals surface area contributed by atoms with Gasteiger partial charge in [0.15, 0.2) is 0 Å². The van der Waals surface area contributed by atoms with Gasteiger partial charge in [-0.25, -0.2) is 4.39 Å². The number of halogens is 4. The number of rotatable bonds is 1. The van der Waals surface area contributed by atoms with Crippen LogP contribution >= 0.6 is 11.8 Å². The molecule has 0 N–H and O–H groups in total. The van der Waals surface area contributed by atoms with E-state index in [1.165, 1.54) is 4.90 Å². The third kappa shape index (κ3) is 3.08. The summed E-state index contributed by atoms with van der Waals surface area (Å²) in [5.41, 5.74) is -1.53. The van der Waals surface area contributed by atoms with Gasteiger partial charge < -0.3 is 4.90 Å². The molecule has 1 fully saturated rings. The quantitative estimate of drug-likeness (QED) is 0.741. The summed E-state index contributed by atoms with van der Waals surface area (Å²) in [7, 11) is 0. The topological polar surface area (TPSA) is 20.3 Å². The van der Waals surface area contributed by atoms with Crippen LogP contribution < -0.4 is 0 Å². The van der Waals surface area contributed by atoms with E-state index >= 15 is 0 Å². The summed E-state index contributed by atoms with van der Waals surface area (Å²) in [4.78, 5) is 13.6. The van der Waals surface area contributed by atoms with E-state index in [1.807, 2.05) is 0 Å². The van der Waals surface area contributed by atoms with E-state index in [2.05, 4.69) is 0 Å². The Hall–Kier alpha value is -1.24. The minimum atomic E-state index is -4.59. The molecule has 1 aliphatic heterocycles. The van der Waals surface area contributed by atoms with Crippen molar-refractivity contribution in [2.75, 3.05) is 18.1 Å². The third-order valence-corrected chi connectivity index (χ3v) is 4.34. The second kappa shape index (κ2) is 5.63. The molecule has 0 aromatic heterocycles. The van der Waals surface area contributed by atoms with Crippen LogP contribution in [0, 0.1) is 5.82 Å². The molecule has 0 spiro atoms. The molecule has 1 heterocycles. The average Bonchev–Trinajstić information content (AvgIpc) is 2.37. The number of nitrogens with zero attached hydrogens (tertiary/aromatic N) is 1. The van der Waals surface area contributed by atoms with E-state index in [4.69, 9.17) is 0 Å². The van der Waals surface area contributed by atoms with Gasteiger partial charge in [0.05, 0.1) is 11.1 Å². The number of amides is 1. The number of benzene rings is 1. The maximum absolute atomic E-state index is 13.7. The standard InChI is InChI=1S/C13H13F4NOS/c1-8-7-20-5-4-18(8)12(19)10-6-9(13(15,16)17)2-3-11(10)14/h2-3,6,8H,4-5,7H2,1H3. The molecule has 1 aromatic rings. The molecule has 110 valence electrons. The molecule has 20 heavy (non-hydrogen) atoms. The van der Waals surface area contributed by atoms with E-state index in [1.54, 1.807) is 18.7 Å². The van der Waals surface area contributed by atoms with E-state index in [-0.39, 0.29) is 6.04 Å². The van der Waals surface area contributed by atoms with Crippen molar-refractivity contribution in [3.8, 4) is 0 Å². The van der Waals surface area contributed by atoms with Gasteiger partial charge in [-0.15, -0.1) is 0 Å². The van der Waals surface area contributed by atoms with Gasteiger partial charge in [0.2, 0.25) is 0 Å². The van der Waals surface area contributed by atoms with Gasteiger partial charge >= 0.3 is 6.18 Å². The van der Waals surface area contributed by atoms with Gasteiger partial charge in [0.1, 0.15) is 5.82 Å². The number of carbonyl (C=O) groups excluding carboxylic acids is 1. The highest BCUT2D eigenvalue weighted by atomic mass is 32.2. The zero-order valence-corrected chi connectivity index (χ0v) is 11.5. The second-order valence-electron chi connectivity index (χ2n) is 4.61. The Labute approximate surface area is 118 Å². The SMILES string of the molecule is CC1CSCCN1C(=O)c1cc(C(F)(F)F)ccc1F. The zero-order valence-electron chi connectivity index (χ0n) is 10.7. The van der Waals surface area contributed by atoms with Gasteiger partial charge in [-0.3, -0.25) is 4.79 Å². The summed E-state index contributed by atoms with van der Waals surface area (Å²) in [6.07, 6.45) is -4.59. The largest absolute Gasteiger partial charge is 0.416 e. The summed E-state index contributed by atoms with van der Waals surface area (Å²) in [6.45, 7) is 2.22. The van der Waals surface area contributed by atoms with Crippen LogP contribution in [0.5, 0.6) is 0 Å². The van der Waals surface area contributed by atoms with Crippen LogP contribution in [0.1, 0.15) is 22.8 Å². The van der Waals surface area contributed by atoms with Crippen molar-refractivity contribution in [2.24, 2.45) is 0 Å². The third-order valence-electron chi connectivity index (χ3n) is 3.15. The molecule has 1 atom stereocenters. The maximum Gasteiger partial charge on any atom is 0.416 e. The highest BCUT2D eigenvalue weighted by Gasteiger charge is 2.33. The zero-order chi connectivity index (χ0) is 14.9. The number of carbonyl (C=O) groups is 1. The summed E-state index contributed by atoms with van der Waals surface area (Å²) in [5.74, 6) is -0.196. The van der Waals surface area contributed by atoms with Crippen LogP contribution in [0.25, 0.3) is 0 Å². The summed E-state index contributed by atoms with van der Waals surface area (Å²) < 4.78 is 51.6. The Morgan fingerprint density at radius 1 is 1.40 bits per heavy atom. The van der Waals surface area contributed by atoms with Crippen LogP contribution in [-0.2, 0) is 6.18 Å². The van der Waals surface area contributed by atoms with Crippen molar-refractivity contribution in [1.82, 2.24) is 4.90 Å². The van der Waals surface area contributed by atoms with Crippen molar-refractivity contribution in [3.05, 3.63) is 35.1 Å². The lowest BCUT2D eigenvalue weighted by Gasteiger charge is -2.33. The Bertz CT molecular complexity index is 518. The fourth-order valence-corrected chi connectivity index (χ4v) is 3.06. The van der Waals surface area contributed by atoms with Crippen LogP contribution in [-0.4, -0.2) is 34.9 Å². The average molecular weight is 307 g/mol. The molecule has 0 saturated carbocycles. The van der Waals surface area contributed by atoms with Crippen LogP contribution in [0.4, 0.5) is 17.6 Å². The lowest BCUT2D eigenvalue weighted by Crippen LogP contribution is -2.44. The molecule has 1 aromatic carbocycles. The molecule has 1 saturated heterocycles. The Morgan fingerprint density at radius 3 is 2.70 bits per heavy atom. The number of alkyl halides is 3. The number of thioether (sulfide) groups is 1. The monoisotopic (exact) mass is 307 g/mol. The van der Waals surface area contributed by atoms with Crippen LogP contribution in [0.15, 0.2) is 18.2 Å². The molecule has 0 radical (unpaired) electrons. The van der Waals surface area contributed by atoms with E-state index in [9.17, 15) is 22.4 Å². The molecular formula is C13H13F4NOS. The smallest absolute Gasteiger partial charge is 0.334 e. The lowest BCUT2D eigenvalue weighted by molar-refractivity contribution is -0.137. The molecule has 7 heteroatoms.